The van der Waals surface area contributed by atoms with E-state index in [1.54, 1.807) is 0 Å². The van der Waals surface area contributed by atoms with E-state index in [4.69, 9.17) is 0 Å². The zero-order chi connectivity index (χ0) is 35.6. The predicted molar refractivity (Wildman–Crippen MR) is 235 cm³/mol. The Morgan fingerprint density at radius 3 is 1.59 bits per heavy atom. The lowest BCUT2D eigenvalue weighted by Gasteiger charge is -2.26. The Bertz CT molecular complexity index is 3200. The van der Waals surface area contributed by atoms with Crippen LogP contribution >= 0.6 is 11.3 Å². The van der Waals surface area contributed by atoms with Crippen molar-refractivity contribution in [2.45, 2.75) is 0 Å². The van der Waals surface area contributed by atoms with Crippen molar-refractivity contribution >= 4 is 91.7 Å². The molecule has 0 bridgehead atoms. The molecule has 0 aliphatic heterocycles. The fraction of sp³-hybridized carbons (Fsp3) is 0. The van der Waals surface area contributed by atoms with E-state index in [2.05, 4.69) is 205 Å². The van der Waals surface area contributed by atoms with E-state index in [1.165, 1.54) is 85.5 Å². The molecule has 0 saturated heterocycles. The maximum absolute atomic E-state index is 2.39. The third kappa shape index (κ3) is 5.07. The molecule has 1 nitrogen and oxygen atoms in total. The molecule has 0 spiro atoms. The van der Waals surface area contributed by atoms with Crippen LogP contribution in [0.2, 0.25) is 0 Å². The minimum atomic E-state index is 1.12. The van der Waals surface area contributed by atoms with E-state index in [1.807, 2.05) is 11.3 Å². The van der Waals surface area contributed by atoms with Crippen molar-refractivity contribution in [3.05, 3.63) is 200 Å². The van der Waals surface area contributed by atoms with Crippen molar-refractivity contribution < 1.29 is 0 Å². The van der Waals surface area contributed by atoms with Gasteiger partial charge < -0.3 is 4.90 Å². The molecule has 0 radical (unpaired) electrons. The maximum Gasteiger partial charge on any atom is 0.0468 e. The van der Waals surface area contributed by atoms with E-state index in [0.717, 1.165) is 17.1 Å². The summed E-state index contributed by atoms with van der Waals surface area (Å²) >= 11 is 1.86. The van der Waals surface area contributed by atoms with E-state index >= 15 is 0 Å². The smallest absolute Gasteiger partial charge is 0.0468 e. The van der Waals surface area contributed by atoms with E-state index in [-0.39, 0.29) is 0 Å². The molecule has 11 aromatic rings. The zero-order valence-electron chi connectivity index (χ0n) is 29.4. The molecule has 1 aromatic heterocycles. The van der Waals surface area contributed by atoms with Gasteiger partial charge in [0.25, 0.3) is 0 Å². The summed E-state index contributed by atoms with van der Waals surface area (Å²) in [6.45, 7) is 0. The summed E-state index contributed by atoms with van der Waals surface area (Å²) in [5.41, 5.74) is 8.25. The first-order valence-electron chi connectivity index (χ1n) is 18.5. The van der Waals surface area contributed by atoms with Crippen LogP contribution in [0, 0.1) is 0 Å². The quantitative estimate of drug-likeness (QED) is 0.161. The molecular formula is C52H33NS. The Hall–Kier alpha value is -6.74. The van der Waals surface area contributed by atoms with Crippen LogP contribution in [0.15, 0.2) is 200 Å². The van der Waals surface area contributed by atoms with Gasteiger partial charge in [-0.15, -0.1) is 11.3 Å². The SMILES string of the molecule is c1ccc2c(-c3ccc(N(c4ccc(-c5ccc6ccc7c8ccccc8ccc7c6c5)cc4)c4ccc5sc6ccccc6c5c4)cc3)cccc2c1. The fourth-order valence-electron chi connectivity index (χ4n) is 8.37. The zero-order valence-corrected chi connectivity index (χ0v) is 30.2. The lowest BCUT2D eigenvalue weighted by atomic mass is 9.94. The summed E-state index contributed by atoms with van der Waals surface area (Å²) in [5, 5.41) is 12.8. The summed E-state index contributed by atoms with van der Waals surface area (Å²) in [7, 11) is 0. The average Bonchev–Trinajstić information content (AvgIpc) is 3.62. The number of hydrogen-bond donors (Lipinski definition) is 0. The number of anilines is 3. The van der Waals surface area contributed by atoms with Crippen molar-refractivity contribution in [1.82, 2.24) is 0 Å². The number of nitrogens with zero attached hydrogens (tertiary/aromatic N) is 1. The van der Waals surface area contributed by atoms with Gasteiger partial charge in [-0.1, -0.05) is 146 Å². The number of thiophene rings is 1. The second-order valence-corrected chi connectivity index (χ2v) is 15.2. The largest absolute Gasteiger partial charge is 0.310 e. The van der Waals surface area contributed by atoms with E-state index < -0.39 is 0 Å². The molecule has 0 saturated carbocycles. The molecule has 1 heterocycles. The molecule has 0 N–H and O–H groups in total. The Morgan fingerprint density at radius 2 is 0.815 bits per heavy atom. The molecule has 252 valence electrons. The van der Waals surface area contributed by atoms with Crippen molar-refractivity contribution in [3.63, 3.8) is 0 Å². The van der Waals surface area contributed by atoms with Gasteiger partial charge in [-0.05, 0) is 120 Å². The third-order valence-electron chi connectivity index (χ3n) is 11.0. The van der Waals surface area contributed by atoms with Crippen LogP contribution in [-0.4, -0.2) is 0 Å². The van der Waals surface area contributed by atoms with Gasteiger partial charge in [-0.2, -0.15) is 0 Å². The number of rotatable bonds is 5. The molecule has 0 fully saturated rings. The van der Waals surface area contributed by atoms with Crippen molar-refractivity contribution in [2.75, 3.05) is 4.90 Å². The van der Waals surface area contributed by atoms with Crippen LogP contribution in [0.4, 0.5) is 17.1 Å². The number of fused-ring (bicyclic) bond motifs is 9. The van der Waals surface area contributed by atoms with Gasteiger partial charge in [-0.25, -0.2) is 0 Å². The second-order valence-electron chi connectivity index (χ2n) is 14.1. The monoisotopic (exact) mass is 703 g/mol. The molecule has 0 atom stereocenters. The molecule has 0 amide bonds. The topological polar surface area (TPSA) is 3.24 Å². The maximum atomic E-state index is 2.39. The van der Waals surface area contributed by atoms with Crippen molar-refractivity contribution in [3.8, 4) is 22.3 Å². The Morgan fingerprint density at radius 1 is 0.278 bits per heavy atom. The van der Waals surface area contributed by atoms with E-state index in [9.17, 15) is 0 Å². The Kier molecular flexibility index (Phi) is 7.11. The fourth-order valence-corrected chi connectivity index (χ4v) is 9.45. The van der Waals surface area contributed by atoms with Gasteiger partial charge in [0, 0.05) is 37.2 Å². The number of benzene rings is 10. The molecule has 2 heteroatoms. The second kappa shape index (κ2) is 12.4. The first-order valence-corrected chi connectivity index (χ1v) is 19.3. The molecular weight excluding hydrogens is 671 g/mol. The standard InChI is InChI=1S/C52H33NS/c1-3-11-43-35(8-1)10-7-14-44(43)37-20-26-41(27-21-37)53(42-28-31-52-50(33-42)48-13-5-6-15-51(48)54-52)40-24-18-34(19-25-40)39-17-16-38-23-29-46-45-12-4-2-9-36(45)22-30-47(46)49(38)32-39/h1-33H. The molecule has 0 aliphatic rings. The summed E-state index contributed by atoms with van der Waals surface area (Å²) in [6.07, 6.45) is 0. The number of hydrogen-bond acceptors (Lipinski definition) is 2. The highest BCUT2D eigenvalue weighted by atomic mass is 32.1. The first-order chi connectivity index (χ1) is 26.7. The van der Waals surface area contributed by atoms with Crippen molar-refractivity contribution in [1.29, 1.82) is 0 Å². The third-order valence-corrected chi connectivity index (χ3v) is 12.2. The molecule has 0 aliphatic carbocycles. The highest BCUT2D eigenvalue weighted by molar-refractivity contribution is 7.25. The van der Waals surface area contributed by atoms with Crippen molar-refractivity contribution in [2.24, 2.45) is 0 Å². The Balaban J connectivity index is 1.02. The van der Waals surface area contributed by atoms with Crippen LogP contribution in [0.1, 0.15) is 0 Å². The van der Waals surface area contributed by atoms with Crippen LogP contribution in [0.5, 0.6) is 0 Å². The normalized spacial score (nSPS) is 11.7. The molecule has 54 heavy (non-hydrogen) atoms. The Labute approximate surface area is 317 Å². The van der Waals surface area contributed by atoms with Crippen LogP contribution in [-0.2, 0) is 0 Å². The molecule has 11 rings (SSSR count). The van der Waals surface area contributed by atoms with Gasteiger partial charge in [0.1, 0.15) is 0 Å². The predicted octanol–water partition coefficient (Wildman–Crippen LogP) is 15.5. The first kappa shape index (κ1) is 30.8. The summed E-state index contributed by atoms with van der Waals surface area (Å²) in [5.74, 6) is 0. The highest BCUT2D eigenvalue weighted by Crippen LogP contribution is 2.42. The summed E-state index contributed by atoms with van der Waals surface area (Å²) < 4.78 is 2.62. The lowest BCUT2D eigenvalue weighted by Crippen LogP contribution is -2.09. The molecule has 0 unspecified atom stereocenters. The lowest BCUT2D eigenvalue weighted by molar-refractivity contribution is 1.29. The van der Waals surface area contributed by atoms with Gasteiger partial charge >= 0.3 is 0 Å². The highest BCUT2D eigenvalue weighted by Gasteiger charge is 2.16. The van der Waals surface area contributed by atoms with Gasteiger partial charge in [0.2, 0.25) is 0 Å². The summed E-state index contributed by atoms with van der Waals surface area (Å²) in [6, 6.07) is 73.6. The minimum Gasteiger partial charge on any atom is -0.310 e. The summed E-state index contributed by atoms with van der Waals surface area (Å²) in [4.78, 5) is 2.39. The van der Waals surface area contributed by atoms with Crippen LogP contribution in [0.25, 0.3) is 85.5 Å². The molecule has 10 aromatic carbocycles. The van der Waals surface area contributed by atoms with Crippen LogP contribution in [0.3, 0.4) is 0 Å². The minimum absolute atomic E-state index is 1.12. The van der Waals surface area contributed by atoms with Gasteiger partial charge in [-0.3, -0.25) is 0 Å². The van der Waals surface area contributed by atoms with Gasteiger partial charge in [0.05, 0.1) is 0 Å². The van der Waals surface area contributed by atoms with Gasteiger partial charge in [0.15, 0.2) is 0 Å². The van der Waals surface area contributed by atoms with Crippen LogP contribution < -0.4 is 4.90 Å². The average molecular weight is 704 g/mol. The van der Waals surface area contributed by atoms with E-state index in [0.29, 0.717) is 0 Å².